The molecule has 182 valence electrons. The molecule has 0 unspecified atom stereocenters. The number of fused-ring (bicyclic) bond motifs is 1. The van der Waals surface area contributed by atoms with Crippen molar-refractivity contribution in [3.8, 4) is 0 Å². The van der Waals surface area contributed by atoms with Crippen molar-refractivity contribution in [1.82, 2.24) is 4.57 Å². The van der Waals surface area contributed by atoms with E-state index in [2.05, 4.69) is 4.57 Å². The van der Waals surface area contributed by atoms with Crippen molar-refractivity contribution in [3.05, 3.63) is 69.3 Å². The second kappa shape index (κ2) is 12.4. The Morgan fingerprint density at radius 1 is 1.03 bits per heavy atom. The van der Waals surface area contributed by atoms with Crippen LogP contribution in [0.1, 0.15) is 54.2 Å². The van der Waals surface area contributed by atoms with Crippen molar-refractivity contribution < 1.29 is 19.1 Å². The summed E-state index contributed by atoms with van der Waals surface area (Å²) in [6.07, 6.45) is 2.99. The average molecular weight is 504 g/mol. The van der Waals surface area contributed by atoms with Crippen LogP contribution in [0.25, 0.3) is 10.9 Å². The van der Waals surface area contributed by atoms with Crippen molar-refractivity contribution >= 4 is 45.9 Å². The van der Waals surface area contributed by atoms with Crippen LogP contribution in [0.4, 0.5) is 0 Å². The standard InChI is InChI=1S/C27H31Cl2NO4/c1-18(14-26(32)33-3)13-25(31)27-22-16-21(29)10-11-23(22)30(2)24(27)9-4-5-12-34-17-19-7-6-8-20(28)15-19/h6-8,10-11,15-16,18H,4-5,9,12-14,17H2,1-3H3/t18-/m0/s1. The first kappa shape index (κ1) is 26.3. The number of aryl methyl sites for hydroxylation is 1. The van der Waals surface area contributed by atoms with E-state index in [1.54, 1.807) is 0 Å². The number of carbonyl (C=O) groups is 2. The number of aromatic nitrogens is 1. The van der Waals surface area contributed by atoms with Crippen LogP contribution in [0.15, 0.2) is 42.5 Å². The third-order valence-electron chi connectivity index (χ3n) is 5.95. The average Bonchev–Trinajstić information content (AvgIpc) is 3.06. The molecule has 3 aromatic rings. The predicted octanol–water partition coefficient (Wildman–Crippen LogP) is 6.80. The zero-order valence-corrected chi connectivity index (χ0v) is 21.4. The minimum atomic E-state index is -0.306. The van der Waals surface area contributed by atoms with E-state index in [0.29, 0.717) is 28.8 Å². The summed E-state index contributed by atoms with van der Waals surface area (Å²) < 4.78 is 12.6. The number of halogens is 2. The number of hydrogen-bond donors (Lipinski definition) is 0. The van der Waals surface area contributed by atoms with Crippen LogP contribution in [0.2, 0.25) is 10.0 Å². The molecule has 2 aromatic carbocycles. The molecule has 0 fully saturated rings. The highest BCUT2D eigenvalue weighted by molar-refractivity contribution is 6.31. The lowest BCUT2D eigenvalue weighted by atomic mass is 9.94. The van der Waals surface area contributed by atoms with E-state index in [1.807, 2.05) is 56.4 Å². The molecule has 34 heavy (non-hydrogen) atoms. The minimum absolute atomic E-state index is 0.0245. The Morgan fingerprint density at radius 2 is 1.79 bits per heavy atom. The Labute approximate surface area is 210 Å². The van der Waals surface area contributed by atoms with E-state index in [0.717, 1.165) is 41.4 Å². The molecule has 0 saturated carbocycles. The minimum Gasteiger partial charge on any atom is -0.469 e. The molecular formula is C27H31Cl2NO4. The molecule has 0 N–H and O–H groups in total. The number of benzene rings is 2. The van der Waals surface area contributed by atoms with Gasteiger partial charge in [0.25, 0.3) is 0 Å². The Hall–Kier alpha value is -2.34. The highest BCUT2D eigenvalue weighted by atomic mass is 35.5. The van der Waals surface area contributed by atoms with Crippen LogP contribution in [0, 0.1) is 5.92 Å². The summed E-state index contributed by atoms with van der Waals surface area (Å²) in [4.78, 5) is 25.0. The van der Waals surface area contributed by atoms with Crippen LogP contribution in [0.3, 0.4) is 0 Å². The zero-order valence-electron chi connectivity index (χ0n) is 19.9. The lowest BCUT2D eigenvalue weighted by molar-refractivity contribution is -0.141. The summed E-state index contributed by atoms with van der Waals surface area (Å²) in [5, 5.41) is 2.16. The van der Waals surface area contributed by atoms with Gasteiger partial charge >= 0.3 is 5.97 Å². The summed E-state index contributed by atoms with van der Waals surface area (Å²) >= 11 is 12.3. The molecule has 0 amide bonds. The van der Waals surface area contributed by atoms with Crippen molar-refractivity contribution in [2.24, 2.45) is 13.0 Å². The molecule has 3 rings (SSSR count). The molecule has 0 aliphatic heterocycles. The lowest BCUT2D eigenvalue weighted by Gasteiger charge is -2.11. The van der Waals surface area contributed by atoms with Gasteiger partial charge in [0.2, 0.25) is 0 Å². The Kier molecular flexibility index (Phi) is 9.57. The number of methoxy groups -OCH3 is 1. The molecule has 0 aliphatic carbocycles. The SMILES string of the molecule is COC(=O)C[C@@H](C)CC(=O)c1c(CCCCOCc2cccc(Cl)c2)n(C)c2ccc(Cl)cc12. The molecule has 1 aromatic heterocycles. The highest BCUT2D eigenvalue weighted by Crippen LogP contribution is 2.31. The number of unbranched alkanes of at least 4 members (excludes halogenated alkanes) is 1. The van der Waals surface area contributed by atoms with Gasteiger partial charge < -0.3 is 14.0 Å². The van der Waals surface area contributed by atoms with E-state index in [-0.39, 0.29) is 30.5 Å². The maximum atomic E-state index is 13.4. The quantitative estimate of drug-likeness (QED) is 0.155. The summed E-state index contributed by atoms with van der Waals surface area (Å²) in [5.41, 5.74) is 3.71. The van der Waals surface area contributed by atoms with Gasteiger partial charge in [-0.05, 0) is 61.1 Å². The van der Waals surface area contributed by atoms with Crippen LogP contribution in [0.5, 0.6) is 0 Å². The Morgan fingerprint density at radius 3 is 2.53 bits per heavy atom. The number of rotatable bonds is 12. The Balaban J connectivity index is 1.67. The van der Waals surface area contributed by atoms with Gasteiger partial charge in [-0.15, -0.1) is 0 Å². The fourth-order valence-electron chi connectivity index (χ4n) is 4.25. The largest absolute Gasteiger partial charge is 0.469 e. The molecule has 0 aliphatic rings. The lowest BCUT2D eigenvalue weighted by Crippen LogP contribution is -2.13. The van der Waals surface area contributed by atoms with Crippen molar-refractivity contribution in [2.45, 2.75) is 45.6 Å². The third-order valence-corrected chi connectivity index (χ3v) is 6.42. The van der Waals surface area contributed by atoms with Crippen LogP contribution in [-0.4, -0.2) is 30.0 Å². The normalized spacial score (nSPS) is 12.1. The van der Waals surface area contributed by atoms with Crippen molar-refractivity contribution in [1.29, 1.82) is 0 Å². The summed E-state index contributed by atoms with van der Waals surface area (Å²) in [7, 11) is 3.34. The number of hydrogen-bond acceptors (Lipinski definition) is 4. The van der Waals surface area contributed by atoms with Crippen molar-refractivity contribution in [2.75, 3.05) is 13.7 Å². The maximum absolute atomic E-state index is 13.4. The molecule has 5 nitrogen and oxygen atoms in total. The van der Waals surface area contributed by atoms with Gasteiger partial charge in [0.05, 0.1) is 13.7 Å². The van der Waals surface area contributed by atoms with Crippen LogP contribution in [-0.2, 0) is 34.3 Å². The molecule has 0 bridgehead atoms. The molecule has 1 heterocycles. The Bertz CT molecular complexity index is 1150. The van der Waals surface area contributed by atoms with Crippen LogP contribution >= 0.6 is 23.2 Å². The van der Waals surface area contributed by atoms with Gasteiger partial charge in [0.1, 0.15) is 0 Å². The van der Waals surface area contributed by atoms with Gasteiger partial charge in [0, 0.05) is 58.7 Å². The number of Topliss-reactive ketones (excluding diaryl/α,β-unsaturated/α-hetero) is 1. The molecular weight excluding hydrogens is 473 g/mol. The van der Waals surface area contributed by atoms with E-state index < -0.39 is 0 Å². The smallest absolute Gasteiger partial charge is 0.305 e. The van der Waals surface area contributed by atoms with Crippen LogP contribution < -0.4 is 0 Å². The van der Waals surface area contributed by atoms with Gasteiger partial charge in [-0.2, -0.15) is 0 Å². The van der Waals surface area contributed by atoms with Gasteiger partial charge in [0.15, 0.2) is 5.78 Å². The summed E-state index contributed by atoms with van der Waals surface area (Å²) in [6, 6.07) is 13.3. The monoisotopic (exact) mass is 503 g/mol. The fourth-order valence-corrected chi connectivity index (χ4v) is 4.63. The number of carbonyl (C=O) groups excluding carboxylic acids is 2. The fraction of sp³-hybridized carbons (Fsp3) is 0.407. The van der Waals surface area contributed by atoms with Gasteiger partial charge in [-0.1, -0.05) is 42.3 Å². The maximum Gasteiger partial charge on any atom is 0.305 e. The number of ether oxygens (including phenoxy) is 2. The van der Waals surface area contributed by atoms with E-state index in [4.69, 9.17) is 32.7 Å². The second-order valence-electron chi connectivity index (χ2n) is 8.69. The summed E-state index contributed by atoms with van der Waals surface area (Å²) in [6.45, 7) is 3.04. The topological polar surface area (TPSA) is 57.5 Å². The first-order chi connectivity index (χ1) is 16.3. The zero-order chi connectivity index (χ0) is 24.7. The first-order valence-corrected chi connectivity index (χ1v) is 12.2. The molecule has 0 saturated heterocycles. The molecule has 7 heteroatoms. The predicted molar refractivity (Wildman–Crippen MR) is 137 cm³/mol. The number of esters is 1. The summed E-state index contributed by atoms with van der Waals surface area (Å²) in [5.74, 6) is -0.391. The highest BCUT2D eigenvalue weighted by Gasteiger charge is 2.23. The molecule has 0 spiro atoms. The molecule has 0 radical (unpaired) electrons. The number of ketones is 1. The van der Waals surface area contributed by atoms with E-state index in [9.17, 15) is 9.59 Å². The first-order valence-electron chi connectivity index (χ1n) is 11.5. The number of nitrogens with zero attached hydrogens (tertiary/aromatic N) is 1. The van der Waals surface area contributed by atoms with Gasteiger partial charge in [-0.25, -0.2) is 0 Å². The van der Waals surface area contributed by atoms with Gasteiger partial charge in [-0.3, -0.25) is 9.59 Å². The molecule has 1 atom stereocenters. The third kappa shape index (κ3) is 6.84. The van der Waals surface area contributed by atoms with E-state index >= 15 is 0 Å². The van der Waals surface area contributed by atoms with Crippen molar-refractivity contribution in [3.63, 3.8) is 0 Å². The second-order valence-corrected chi connectivity index (χ2v) is 9.57. The van der Waals surface area contributed by atoms with E-state index in [1.165, 1.54) is 7.11 Å².